The average Bonchev–Trinajstić information content (AvgIpc) is 3.41. The lowest BCUT2D eigenvalue weighted by Gasteiger charge is -2.25. The minimum atomic E-state index is -0.742. The van der Waals surface area contributed by atoms with Crippen LogP contribution in [0.5, 0.6) is 0 Å². The summed E-state index contributed by atoms with van der Waals surface area (Å²) >= 11 is 6.43. The zero-order valence-electron chi connectivity index (χ0n) is 23.7. The van der Waals surface area contributed by atoms with Crippen molar-refractivity contribution in [2.45, 2.75) is 56.9 Å². The van der Waals surface area contributed by atoms with E-state index in [1.165, 1.54) is 28.7 Å². The number of nitrogens with one attached hydrogen (secondary N) is 2. The third-order valence-electron chi connectivity index (χ3n) is 8.47. The molecule has 2 saturated carbocycles. The highest BCUT2D eigenvalue weighted by atomic mass is 35.5. The lowest BCUT2D eigenvalue weighted by molar-refractivity contribution is 0.0580. The van der Waals surface area contributed by atoms with Gasteiger partial charge in [-0.25, -0.2) is 9.78 Å². The van der Waals surface area contributed by atoms with Crippen molar-refractivity contribution in [2.75, 3.05) is 37.1 Å². The summed E-state index contributed by atoms with van der Waals surface area (Å²) in [5.41, 5.74) is -0.707. The number of pyridine rings is 1. The van der Waals surface area contributed by atoms with Crippen LogP contribution in [0.15, 0.2) is 29.3 Å². The second-order valence-electron chi connectivity index (χ2n) is 12.4. The lowest BCUT2D eigenvalue weighted by Crippen LogP contribution is -2.36. The van der Waals surface area contributed by atoms with Gasteiger partial charge in [-0.2, -0.15) is 9.61 Å². The molecule has 13 nitrogen and oxygen atoms in total. The van der Waals surface area contributed by atoms with E-state index in [0.717, 1.165) is 12.8 Å². The number of carbonyl (C=O) groups is 2. The highest BCUT2D eigenvalue weighted by molar-refractivity contribution is 6.30. The number of hydrogen-bond acceptors (Lipinski definition) is 9. The van der Waals surface area contributed by atoms with Crippen LogP contribution in [0.3, 0.4) is 0 Å². The van der Waals surface area contributed by atoms with E-state index < -0.39 is 11.7 Å². The van der Waals surface area contributed by atoms with Crippen molar-refractivity contribution < 1.29 is 23.8 Å². The van der Waals surface area contributed by atoms with E-state index in [9.17, 15) is 14.4 Å². The van der Waals surface area contributed by atoms with Crippen LogP contribution in [0.1, 0.15) is 50.0 Å². The smallest absolute Gasteiger partial charge is 0.415 e. The SMILES string of the molecule is CN(C(=O)OC(C)(C)C)c1cc(Nc2cc(Cl)cn(C3CCCOC3)c2=O)nc2c(C(=O)N[C@@]34[C@@H]5[C@H]3CO[C@@H]54)cnn12. The first-order chi connectivity index (χ1) is 20.0. The van der Waals surface area contributed by atoms with Gasteiger partial charge in [0, 0.05) is 37.8 Å². The molecule has 1 unspecified atom stereocenters. The molecular formula is C28H32ClN7O6. The lowest BCUT2D eigenvalue weighted by atomic mass is 10.1. The number of hydrogen-bond donors (Lipinski definition) is 2. The molecule has 0 radical (unpaired) electrons. The maximum absolute atomic E-state index is 13.5. The first-order valence-corrected chi connectivity index (χ1v) is 14.4. The summed E-state index contributed by atoms with van der Waals surface area (Å²) in [6.07, 6.45) is 4.10. The highest BCUT2D eigenvalue weighted by Gasteiger charge is 2.92. The minimum absolute atomic E-state index is 0.0758. The van der Waals surface area contributed by atoms with E-state index in [4.69, 9.17) is 25.8 Å². The summed E-state index contributed by atoms with van der Waals surface area (Å²) in [5, 5.41) is 11.0. The van der Waals surface area contributed by atoms with Gasteiger partial charge in [0.2, 0.25) is 0 Å². The Morgan fingerprint density at radius 2 is 2.07 bits per heavy atom. The summed E-state index contributed by atoms with van der Waals surface area (Å²) in [7, 11) is 1.54. The summed E-state index contributed by atoms with van der Waals surface area (Å²) in [6.45, 7) is 7.04. The van der Waals surface area contributed by atoms with Gasteiger partial charge in [-0.3, -0.25) is 14.5 Å². The van der Waals surface area contributed by atoms with Crippen LogP contribution in [0.2, 0.25) is 5.02 Å². The molecule has 222 valence electrons. The van der Waals surface area contributed by atoms with E-state index in [-0.39, 0.29) is 57.7 Å². The summed E-state index contributed by atoms with van der Waals surface area (Å²) in [4.78, 5) is 46.0. The number of aromatic nitrogens is 4. The molecule has 3 aromatic rings. The number of nitrogens with zero attached hydrogens (tertiary/aromatic N) is 5. The van der Waals surface area contributed by atoms with Gasteiger partial charge in [0.15, 0.2) is 5.65 Å². The van der Waals surface area contributed by atoms with Crippen molar-refractivity contribution in [3.05, 3.63) is 45.5 Å². The molecule has 5 atom stereocenters. The molecule has 14 heteroatoms. The Morgan fingerprint density at radius 1 is 1.26 bits per heavy atom. The largest absolute Gasteiger partial charge is 0.443 e. The van der Waals surface area contributed by atoms with Gasteiger partial charge in [0.25, 0.3) is 11.5 Å². The Kier molecular flexibility index (Phi) is 6.09. The summed E-state index contributed by atoms with van der Waals surface area (Å²) in [6, 6.07) is 2.93. The minimum Gasteiger partial charge on any atom is -0.443 e. The van der Waals surface area contributed by atoms with Crippen molar-refractivity contribution in [1.29, 1.82) is 0 Å². The van der Waals surface area contributed by atoms with E-state index in [1.807, 2.05) is 0 Å². The molecule has 42 heavy (non-hydrogen) atoms. The first-order valence-electron chi connectivity index (χ1n) is 14.0. The quantitative estimate of drug-likeness (QED) is 0.438. The van der Waals surface area contributed by atoms with Crippen LogP contribution in [0.4, 0.5) is 22.1 Å². The number of amides is 2. The number of fused-ring (bicyclic) bond motifs is 2. The van der Waals surface area contributed by atoms with Gasteiger partial charge in [-0.15, -0.1) is 0 Å². The van der Waals surface area contributed by atoms with Gasteiger partial charge >= 0.3 is 6.09 Å². The predicted molar refractivity (Wildman–Crippen MR) is 153 cm³/mol. The molecule has 8 rings (SSSR count). The molecule has 6 heterocycles. The second kappa shape index (κ2) is 9.41. The molecule has 2 aliphatic carbocycles. The van der Waals surface area contributed by atoms with Gasteiger partial charge in [0.05, 0.1) is 42.1 Å². The fraction of sp³-hybridized carbons (Fsp3) is 0.536. The van der Waals surface area contributed by atoms with Crippen LogP contribution in [-0.2, 0) is 14.2 Å². The molecule has 5 aliphatic rings. The fourth-order valence-corrected chi connectivity index (χ4v) is 6.48. The maximum Gasteiger partial charge on any atom is 0.415 e. The predicted octanol–water partition coefficient (Wildman–Crippen LogP) is 3.14. The molecule has 2 amide bonds. The van der Waals surface area contributed by atoms with Crippen LogP contribution in [0.25, 0.3) is 5.65 Å². The monoisotopic (exact) mass is 597 g/mol. The van der Waals surface area contributed by atoms with Crippen LogP contribution < -0.4 is 21.1 Å². The second-order valence-corrected chi connectivity index (χ2v) is 12.8. The average molecular weight is 598 g/mol. The van der Waals surface area contributed by atoms with Crippen molar-refractivity contribution in [1.82, 2.24) is 24.5 Å². The molecule has 3 aliphatic heterocycles. The number of carbonyl (C=O) groups excluding carboxylic acids is 2. The Bertz CT molecular complexity index is 1650. The van der Waals surface area contributed by atoms with E-state index in [2.05, 4.69) is 20.7 Å². The zero-order valence-corrected chi connectivity index (χ0v) is 24.5. The molecule has 5 fully saturated rings. The third-order valence-corrected chi connectivity index (χ3v) is 8.68. The van der Waals surface area contributed by atoms with Crippen molar-refractivity contribution >= 4 is 46.6 Å². The molecule has 0 spiro atoms. The van der Waals surface area contributed by atoms with E-state index >= 15 is 0 Å². The third kappa shape index (κ3) is 4.33. The molecule has 0 aromatic carbocycles. The molecule has 3 aromatic heterocycles. The first kappa shape index (κ1) is 27.2. The number of anilines is 3. The Labute approximate surface area is 246 Å². The normalized spacial score (nSPS) is 27.4. The van der Waals surface area contributed by atoms with Gasteiger partial charge in [-0.05, 0) is 39.7 Å². The van der Waals surface area contributed by atoms with Crippen LogP contribution in [-0.4, -0.2) is 75.3 Å². The number of ether oxygens (including phenoxy) is 3. The van der Waals surface area contributed by atoms with Crippen LogP contribution in [0, 0.1) is 11.8 Å². The summed E-state index contributed by atoms with van der Waals surface area (Å²) in [5.74, 6) is 0.888. The topological polar surface area (TPSA) is 141 Å². The van der Waals surface area contributed by atoms with Crippen molar-refractivity contribution in [3.8, 4) is 0 Å². The van der Waals surface area contributed by atoms with Gasteiger partial charge < -0.3 is 29.4 Å². The fourth-order valence-electron chi connectivity index (χ4n) is 6.26. The Hall–Kier alpha value is -3.68. The zero-order chi connectivity index (χ0) is 29.6. The van der Waals surface area contributed by atoms with Crippen LogP contribution >= 0.6 is 11.6 Å². The number of rotatable bonds is 6. The van der Waals surface area contributed by atoms with Gasteiger partial charge in [0.1, 0.15) is 28.5 Å². The number of halogens is 1. The van der Waals surface area contributed by atoms with Gasteiger partial charge in [-0.1, -0.05) is 11.6 Å². The van der Waals surface area contributed by atoms with E-state index in [0.29, 0.717) is 36.7 Å². The van der Waals surface area contributed by atoms with E-state index in [1.54, 1.807) is 37.6 Å². The van der Waals surface area contributed by atoms with Crippen molar-refractivity contribution in [2.24, 2.45) is 11.8 Å². The Morgan fingerprint density at radius 3 is 2.74 bits per heavy atom. The van der Waals surface area contributed by atoms with Crippen molar-refractivity contribution in [3.63, 3.8) is 0 Å². The highest BCUT2D eigenvalue weighted by Crippen LogP contribution is 2.77. The standard InChI is InChI=1S/C28H32ClN7O6/c1-27(2,3)42-26(39)34(4)20-9-19(31-18-8-14(29)11-35(25(18)38)15-6-5-7-40-12-15)32-23-16(10-30-36(20)23)24(37)33-28-17-13-41-22(28)21(17)28/h8-11,15,17,21-22H,5-7,12-13H2,1-4H3,(H,31,32)(H,33,37)/t15?,17-,21-,22+,28-/m1/s1. The molecule has 2 bridgehead atoms. The summed E-state index contributed by atoms with van der Waals surface area (Å²) < 4.78 is 19.8. The molecular weight excluding hydrogens is 566 g/mol. The maximum atomic E-state index is 13.5. The molecule has 2 N–H and O–H groups in total. The Balaban J connectivity index is 1.27. The molecule has 3 saturated heterocycles.